The summed E-state index contributed by atoms with van der Waals surface area (Å²) in [7, 11) is -3.72. The van der Waals surface area contributed by atoms with Gasteiger partial charge in [-0.25, -0.2) is 8.42 Å². The Morgan fingerprint density at radius 2 is 1.53 bits per heavy atom. The first-order valence-electron chi connectivity index (χ1n) is 10.7. The summed E-state index contributed by atoms with van der Waals surface area (Å²) >= 11 is 0. The lowest BCUT2D eigenvalue weighted by atomic mass is 10.1. The Morgan fingerprint density at radius 3 is 2.19 bits per heavy atom. The molecule has 4 rings (SSSR count). The Hall–Kier alpha value is -3.25. The second-order valence-corrected chi connectivity index (χ2v) is 9.79. The minimum atomic E-state index is -3.72. The minimum absolute atomic E-state index is 0.0451. The maximum Gasteiger partial charge on any atom is 0.209 e. The van der Waals surface area contributed by atoms with Gasteiger partial charge in [-0.05, 0) is 60.4 Å². The summed E-state index contributed by atoms with van der Waals surface area (Å²) in [5.74, 6) is 1.37. The topological polar surface area (TPSA) is 57.0 Å². The van der Waals surface area contributed by atoms with E-state index in [1.54, 1.807) is 30.3 Å². The number of hydrogen-bond acceptors (Lipinski definition) is 4. The van der Waals surface area contributed by atoms with Crippen molar-refractivity contribution in [2.24, 2.45) is 0 Å². The summed E-state index contributed by atoms with van der Waals surface area (Å²) in [6, 6.07) is 20.1. The van der Waals surface area contributed by atoms with Crippen LogP contribution in [0.25, 0.3) is 5.52 Å². The van der Waals surface area contributed by atoms with Gasteiger partial charge >= 0.3 is 0 Å². The average Bonchev–Trinajstić information content (AvgIpc) is 3.19. The van der Waals surface area contributed by atoms with Gasteiger partial charge in [0.25, 0.3) is 0 Å². The Labute approximate surface area is 189 Å². The van der Waals surface area contributed by atoms with Crippen LogP contribution < -0.4 is 9.47 Å². The van der Waals surface area contributed by atoms with E-state index in [1.165, 1.54) is 0 Å². The van der Waals surface area contributed by atoms with Crippen molar-refractivity contribution in [3.63, 3.8) is 0 Å². The van der Waals surface area contributed by atoms with Gasteiger partial charge in [0.2, 0.25) is 9.84 Å². The van der Waals surface area contributed by atoms with Gasteiger partial charge in [-0.1, -0.05) is 44.2 Å². The SMILES string of the molecule is CCOc1ccc2c(S(=O)(=O)c3ccc(OCc4ccccc4)cc3)c(C(C)C)cn2c1. The lowest BCUT2D eigenvalue weighted by molar-refractivity contribution is 0.306. The molecule has 2 heterocycles. The van der Waals surface area contributed by atoms with E-state index in [2.05, 4.69) is 0 Å². The van der Waals surface area contributed by atoms with E-state index >= 15 is 0 Å². The van der Waals surface area contributed by atoms with E-state index in [9.17, 15) is 8.42 Å². The molecule has 0 bridgehead atoms. The highest BCUT2D eigenvalue weighted by Gasteiger charge is 2.27. The zero-order valence-electron chi connectivity index (χ0n) is 18.5. The van der Waals surface area contributed by atoms with Crippen molar-refractivity contribution in [3.05, 3.63) is 90.3 Å². The molecule has 0 spiro atoms. The van der Waals surface area contributed by atoms with Crippen LogP contribution in [-0.2, 0) is 16.4 Å². The zero-order chi connectivity index (χ0) is 22.7. The van der Waals surface area contributed by atoms with Crippen molar-refractivity contribution >= 4 is 15.4 Å². The fraction of sp³-hybridized carbons (Fsp3) is 0.231. The summed E-state index contributed by atoms with van der Waals surface area (Å²) < 4.78 is 40.5. The number of ether oxygens (including phenoxy) is 2. The molecular weight excluding hydrogens is 422 g/mol. The van der Waals surface area contributed by atoms with Gasteiger partial charge in [0.1, 0.15) is 23.0 Å². The molecule has 0 radical (unpaired) electrons. The Kier molecular flexibility index (Phi) is 6.24. The Balaban J connectivity index is 1.67. The standard InChI is InChI=1S/C26H27NO4S/c1-4-30-22-12-15-25-26(24(19(2)3)17-27(25)16-22)32(28,29)23-13-10-21(11-14-23)31-18-20-8-6-5-7-9-20/h5-17,19H,4,18H2,1-3H3. The van der Waals surface area contributed by atoms with Gasteiger partial charge in [-0.3, -0.25) is 0 Å². The van der Waals surface area contributed by atoms with Crippen LogP contribution in [0.1, 0.15) is 37.8 Å². The predicted molar refractivity (Wildman–Crippen MR) is 125 cm³/mol. The number of hydrogen-bond donors (Lipinski definition) is 0. The van der Waals surface area contributed by atoms with Gasteiger partial charge in [0.05, 0.1) is 23.2 Å². The summed E-state index contributed by atoms with van der Waals surface area (Å²) in [4.78, 5) is 0.585. The molecule has 0 aliphatic carbocycles. The third-order valence-corrected chi connectivity index (χ3v) is 7.18. The predicted octanol–water partition coefficient (Wildman–Crippen LogP) is 5.87. The van der Waals surface area contributed by atoms with E-state index in [0.717, 1.165) is 11.1 Å². The Morgan fingerprint density at radius 1 is 0.844 bits per heavy atom. The van der Waals surface area contributed by atoms with E-state index in [-0.39, 0.29) is 10.8 Å². The Bertz CT molecular complexity index is 1310. The van der Waals surface area contributed by atoms with Crippen LogP contribution >= 0.6 is 0 Å². The second kappa shape index (κ2) is 9.09. The molecule has 0 fully saturated rings. The third kappa shape index (κ3) is 4.36. The molecule has 0 saturated heterocycles. The first-order chi connectivity index (χ1) is 15.4. The quantitative estimate of drug-likeness (QED) is 0.337. The van der Waals surface area contributed by atoms with E-state index < -0.39 is 9.84 Å². The highest BCUT2D eigenvalue weighted by molar-refractivity contribution is 7.91. The van der Waals surface area contributed by atoms with Crippen molar-refractivity contribution in [2.45, 2.75) is 43.1 Å². The van der Waals surface area contributed by atoms with Crippen molar-refractivity contribution in [1.82, 2.24) is 4.40 Å². The highest BCUT2D eigenvalue weighted by Crippen LogP contribution is 2.35. The molecule has 0 atom stereocenters. The largest absolute Gasteiger partial charge is 0.492 e. The second-order valence-electron chi connectivity index (χ2n) is 7.91. The van der Waals surface area contributed by atoms with Gasteiger partial charge in [0.15, 0.2) is 0 Å². The molecular formula is C26H27NO4S. The number of nitrogens with zero attached hydrogens (tertiary/aromatic N) is 1. The van der Waals surface area contributed by atoms with Gasteiger partial charge in [0, 0.05) is 6.20 Å². The molecule has 0 saturated carbocycles. The van der Waals surface area contributed by atoms with Crippen LogP contribution in [0.4, 0.5) is 0 Å². The minimum Gasteiger partial charge on any atom is -0.492 e. The van der Waals surface area contributed by atoms with Gasteiger partial charge < -0.3 is 13.9 Å². The number of fused-ring (bicyclic) bond motifs is 1. The molecule has 0 aliphatic heterocycles. The lowest BCUT2D eigenvalue weighted by Gasteiger charge is -2.11. The molecule has 0 unspecified atom stereocenters. The summed E-state index contributed by atoms with van der Waals surface area (Å²) in [6.07, 6.45) is 3.71. The normalized spacial score (nSPS) is 11.8. The third-order valence-electron chi connectivity index (χ3n) is 5.31. The van der Waals surface area contributed by atoms with E-state index in [0.29, 0.717) is 35.1 Å². The highest BCUT2D eigenvalue weighted by atomic mass is 32.2. The molecule has 5 nitrogen and oxygen atoms in total. The molecule has 4 aromatic rings. The number of sulfone groups is 1. The van der Waals surface area contributed by atoms with Crippen LogP contribution in [0.3, 0.4) is 0 Å². The van der Waals surface area contributed by atoms with E-state index in [4.69, 9.17) is 9.47 Å². The summed E-state index contributed by atoms with van der Waals surface area (Å²) in [6.45, 7) is 6.89. The van der Waals surface area contributed by atoms with Crippen molar-refractivity contribution in [3.8, 4) is 11.5 Å². The van der Waals surface area contributed by atoms with Crippen molar-refractivity contribution < 1.29 is 17.9 Å². The zero-order valence-corrected chi connectivity index (χ0v) is 19.3. The molecule has 166 valence electrons. The van der Waals surface area contributed by atoms with Gasteiger partial charge in [-0.15, -0.1) is 0 Å². The average molecular weight is 450 g/mol. The number of aromatic nitrogens is 1. The number of benzene rings is 2. The van der Waals surface area contributed by atoms with E-state index in [1.807, 2.05) is 74.0 Å². The van der Waals surface area contributed by atoms with Crippen molar-refractivity contribution in [1.29, 1.82) is 0 Å². The fourth-order valence-electron chi connectivity index (χ4n) is 3.68. The van der Waals surface area contributed by atoms with Crippen LogP contribution in [0.15, 0.2) is 88.9 Å². The maximum atomic E-state index is 13.7. The number of pyridine rings is 1. The fourth-order valence-corrected chi connectivity index (χ4v) is 5.46. The molecule has 32 heavy (non-hydrogen) atoms. The summed E-state index contributed by atoms with van der Waals surface area (Å²) in [5.41, 5.74) is 2.47. The molecule has 2 aromatic heterocycles. The number of rotatable bonds is 8. The summed E-state index contributed by atoms with van der Waals surface area (Å²) in [5, 5.41) is 0. The molecule has 0 aliphatic rings. The lowest BCUT2D eigenvalue weighted by Crippen LogP contribution is -2.05. The molecule has 0 N–H and O–H groups in total. The first kappa shape index (κ1) is 22.0. The first-order valence-corrected chi connectivity index (χ1v) is 12.2. The maximum absolute atomic E-state index is 13.7. The van der Waals surface area contributed by atoms with Crippen LogP contribution in [0.5, 0.6) is 11.5 Å². The van der Waals surface area contributed by atoms with Crippen molar-refractivity contribution in [2.75, 3.05) is 6.61 Å². The smallest absolute Gasteiger partial charge is 0.209 e. The van der Waals surface area contributed by atoms with Crippen LogP contribution in [0, 0.1) is 0 Å². The van der Waals surface area contributed by atoms with Crippen LogP contribution in [-0.4, -0.2) is 19.4 Å². The molecule has 2 aromatic carbocycles. The molecule has 6 heteroatoms. The monoisotopic (exact) mass is 449 g/mol. The molecule has 0 amide bonds. The van der Waals surface area contributed by atoms with Crippen LogP contribution in [0.2, 0.25) is 0 Å². The van der Waals surface area contributed by atoms with Gasteiger partial charge in [-0.2, -0.15) is 0 Å².